The van der Waals surface area contributed by atoms with Crippen LogP contribution in [0.25, 0.3) is 0 Å². The first-order valence-corrected chi connectivity index (χ1v) is 10.7. The van der Waals surface area contributed by atoms with E-state index < -0.39 is 39.9 Å². The van der Waals surface area contributed by atoms with Crippen LogP contribution < -0.4 is 3.89 Å². The van der Waals surface area contributed by atoms with Crippen molar-refractivity contribution in [2.24, 2.45) is 0 Å². The van der Waals surface area contributed by atoms with Gasteiger partial charge in [0.1, 0.15) is 12.2 Å². The van der Waals surface area contributed by atoms with Gasteiger partial charge in [-0.2, -0.15) is 29.1 Å². The zero-order valence-electron chi connectivity index (χ0n) is 11.2. The summed E-state index contributed by atoms with van der Waals surface area (Å²) in [4.78, 5) is -0.369. The van der Waals surface area contributed by atoms with Crippen LogP contribution in [0, 0.1) is 0 Å². The van der Waals surface area contributed by atoms with E-state index in [1.807, 2.05) is 0 Å². The van der Waals surface area contributed by atoms with Crippen LogP contribution in [0.5, 0.6) is 0 Å². The molecule has 9 nitrogen and oxygen atoms in total. The molecule has 1 aliphatic rings. The molecule has 1 atom stereocenters. The third-order valence-electron chi connectivity index (χ3n) is 3.36. The zero-order chi connectivity index (χ0) is 16.8. The fourth-order valence-electron chi connectivity index (χ4n) is 2.20. The molecule has 0 radical (unpaired) electrons. The highest BCUT2D eigenvalue weighted by atomic mass is 32.2. The van der Waals surface area contributed by atoms with Gasteiger partial charge in [0.05, 0.1) is 10.6 Å². The van der Waals surface area contributed by atoms with Gasteiger partial charge in [-0.25, -0.2) is 0 Å². The fraction of sp³-hybridized carbons (Fsp3) is 0.400. The number of sulfonamides is 1. The van der Waals surface area contributed by atoms with E-state index in [1.165, 1.54) is 12.1 Å². The van der Waals surface area contributed by atoms with E-state index in [2.05, 4.69) is 0 Å². The Morgan fingerprint density at radius 3 is 1.91 bits per heavy atom. The molecule has 2 rings (SSSR count). The highest BCUT2D eigenvalue weighted by molar-refractivity contribution is 7.97. The fourth-order valence-corrected chi connectivity index (χ4v) is 5.04. The number of benzene rings is 1. The molecule has 0 bridgehead atoms. The lowest BCUT2D eigenvalue weighted by Crippen LogP contribution is -2.30. The van der Waals surface area contributed by atoms with E-state index in [0.29, 0.717) is 0 Å². The van der Waals surface area contributed by atoms with Crippen LogP contribution in [-0.2, 0) is 30.3 Å². The van der Waals surface area contributed by atoms with Crippen LogP contribution >= 0.6 is 0 Å². The Bertz CT molecular complexity index is 886. The topological polar surface area (TPSA) is 143 Å². The Hall–Kier alpha value is -1.05. The molecule has 1 aromatic carbocycles. The van der Waals surface area contributed by atoms with E-state index in [4.69, 9.17) is 9.11 Å². The monoisotopic (exact) mass is 372 g/mol. The van der Waals surface area contributed by atoms with Gasteiger partial charge in [-0.05, 0) is 12.1 Å². The van der Waals surface area contributed by atoms with Crippen molar-refractivity contribution in [2.75, 3.05) is 18.2 Å². The van der Waals surface area contributed by atoms with Crippen molar-refractivity contribution in [3.8, 4) is 0 Å². The molecule has 22 heavy (non-hydrogen) atoms. The summed E-state index contributed by atoms with van der Waals surface area (Å²) in [6.45, 7) is -0.0622. The number of quaternary nitrogens is 1. The molecule has 12 heteroatoms. The van der Waals surface area contributed by atoms with Crippen LogP contribution in [0.15, 0.2) is 29.2 Å². The minimum absolute atomic E-state index is 0.0622. The maximum atomic E-state index is 11.8. The quantitative estimate of drug-likeness (QED) is 0.398. The molecular formula is C10H14NO8S3+. The summed E-state index contributed by atoms with van der Waals surface area (Å²) in [7, 11) is -12.0. The van der Waals surface area contributed by atoms with E-state index in [9.17, 15) is 25.3 Å². The van der Waals surface area contributed by atoms with Crippen LogP contribution in [0.1, 0.15) is 6.42 Å². The maximum Gasteiger partial charge on any atom is 0.355 e. The average Bonchev–Trinajstić information content (AvgIpc) is 2.90. The molecule has 1 aromatic rings. The SMILES string of the molecule is O=S(=O)(O)CCC[N+]1(c2ccc(S(=O)(=O)O)cc2)CS1(=O)=O. The van der Waals surface area contributed by atoms with Crippen molar-refractivity contribution >= 4 is 35.9 Å². The first-order chi connectivity index (χ1) is 9.87. The van der Waals surface area contributed by atoms with Crippen molar-refractivity contribution in [3.63, 3.8) is 0 Å². The summed E-state index contributed by atoms with van der Waals surface area (Å²) in [5.74, 6) is -0.796. The van der Waals surface area contributed by atoms with Crippen LogP contribution in [0.4, 0.5) is 5.69 Å². The van der Waals surface area contributed by atoms with Gasteiger partial charge >= 0.3 is 10.0 Å². The summed E-state index contributed by atoms with van der Waals surface area (Å²) >= 11 is 0. The van der Waals surface area contributed by atoms with Crippen LogP contribution in [-0.4, -0.2) is 52.5 Å². The van der Waals surface area contributed by atoms with Gasteiger partial charge in [-0.1, -0.05) is 0 Å². The van der Waals surface area contributed by atoms with Gasteiger partial charge < -0.3 is 0 Å². The molecule has 124 valence electrons. The summed E-state index contributed by atoms with van der Waals surface area (Å²) < 4.78 is 84.0. The van der Waals surface area contributed by atoms with Crippen molar-refractivity contribution in [1.82, 2.24) is 3.89 Å². The predicted molar refractivity (Wildman–Crippen MR) is 77.7 cm³/mol. The minimum atomic E-state index is -4.38. The summed E-state index contributed by atoms with van der Waals surface area (Å²) in [5.41, 5.74) is 0.266. The molecule has 0 aliphatic carbocycles. The standard InChI is InChI=1S/C10H13NO8S3/c12-20(13)8-11(20,6-1-7-21(14,15)16)9-2-4-10(5-3-9)22(17,18)19/h2-5H,1,6-8H2,(H-,14,15,16,17,18,19)/p+1. The Kier molecular flexibility index (Phi) is 4.13. The summed E-state index contributed by atoms with van der Waals surface area (Å²) in [6.07, 6.45) is -0.0713. The molecule has 0 aromatic heterocycles. The van der Waals surface area contributed by atoms with Crippen molar-refractivity contribution in [1.29, 1.82) is 0 Å². The van der Waals surface area contributed by atoms with Gasteiger partial charge in [0.25, 0.3) is 20.2 Å². The normalized spacial score (nSPS) is 24.1. The largest absolute Gasteiger partial charge is 0.355 e. The Labute approximate surface area is 128 Å². The van der Waals surface area contributed by atoms with Gasteiger partial charge in [0, 0.05) is 18.6 Å². The van der Waals surface area contributed by atoms with Gasteiger partial charge in [0.2, 0.25) is 5.88 Å². The first kappa shape index (κ1) is 17.3. The third kappa shape index (κ3) is 3.47. The van der Waals surface area contributed by atoms with Gasteiger partial charge in [0.15, 0.2) is 0 Å². The zero-order valence-corrected chi connectivity index (χ0v) is 13.6. The molecule has 0 saturated carbocycles. The van der Waals surface area contributed by atoms with Crippen LogP contribution in [0.3, 0.4) is 0 Å². The lowest BCUT2D eigenvalue weighted by molar-refractivity contribution is 0.474. The molecule has 1 heterocycles. The molecule has 1 aliphatic heterocycles. The molecule has 0 amide bonds. The Morgan fingerprint density at radius 1 is 1.05 bits per heavy atom. The van der Waals surface area contributed by atoms with Gasteiger partial charge in [-0.15, -0.1) is 0 Å². The van der Waals surface area contributed by atoms with E-state index >= 15 is 0 Å². The number of hydrogen-bond acceptors (Lipinski definition) is 6. The van der Waals surface area contributed by atoms with Crippen LogP contribution in [0.2, 0.25) is 0 Å². The van der Waals surface area contributed by atoms with Crippen molar-refractivity contribution in [2.45, 2.75) is 11.3 Å². The highest BCUT2D eigenvalue weighted by Crippen LogP contribution is 2.41. The molecule has 1 fully saturated rings. The second kappa shape index (κ2) is 5.25. The van der Waals surface area contributed by atoms with Crippen molar-refractivity contribution < 1.29 is 34.4 Å². The van der Waals surface area contributed by atoms with Crippen molar-refractivity contribution in [3.05, 3.63) is 24.3 Å². The minimum Gasteiger partial charge on any atom is -0.286 e. The Balaban J connectivity index is 2.26. The second-order valence-corrected chi connectivity index (χ2v) is 10.0. The van der Waals surface area contributed by atoms with E-state index in [-0.39, 0.29) is 29.4 Å². The molecular weight excluding hydrogens is 358 g/mol. The lowest BCUT2D eigenvalue weighted by Gasteiger charge is -2.13. The Morgan fingerprint density at radius 2 is 1.55 bits per heavy atom. The van der Waals surface area contributed by atoms with E-state index in [1.54, 1.807) is 0 Å². The smallest absolute Gasteiger partial charge is 0.286 e. The molecule has 0 spiro atoms. The molecule has 1 unspecified atom stereocenters. The summed E-state index contributed by atoms with van der Waals surface area (Å²) in [5, 5.41) is 0. The summed E-state index contributed by atoms with van der Waals surface area (Å²) in [6, 6.07) is 4.64. The lowest BCUT2D eigenvalue weighted by atomic mass is 10.3. The highest BCUT2D eigenvalue weighted by Gasteiger charge is 2.63. The number of rotatable bonds is 6. The average molecular weight is 372 g/mol. The molecule has 1 saturated heterocycles. The number of nitrogens with zero attached hydrogens (tertiary/aromatic N) is 1. The van der Waals surface area contributed by atoms with Gasteiger partial charge in [-0.3, -0.25) is 9.11 Å². The van der Waals surface area contributed by atoms with E-state index in [0.717, 1.165) is 12.1 Å². The first-order valence-electron chi connectivity index (χ1n) is 6.01. The predicted octanol–water partition coefficient (Wildman–Crippen LogP) is -0.181. The maximum absolute atomic E-state index is 11.8. The number of hydrogen-bond donors (Lipinski definition) is 2. The third-order valence-corrected chi connectivity index (χ3v) is 7.09. The second-order valence-electron chi connectivity index (χ2n) is 4.93. The molecule has 2 N–H and O–H groups in total.